The van der Waals surface area contributed by atoms with Gasteiger partial charge in [-0.3, -0.25) is 14.4 Å². The molecule has 0 aromatic carbocycles. The number of aromatic nitrogens is 2. The van der Waals surface area contributed by atoms with Crippen LogP contribution in [0.3, 0.4) is 0 Å². The van der Waals surface area contributed by atoms with E-state index in [9.17, 15) is 4.79 Å². The van der Waals surface area contributed by atoms with Gasteiger partial charge >= 0.3 is 5.97 Å². The molecule has 1 aliphatic rings. The molecule has 0 amide bonds. The number of hydrogen-bond donors (Lipinski definition) is 0. The van der Waals surface area contributed by atoms with E-state index in [1.165, 1.54) is 0 Å². The van der Waals surface area contributed by atoms with Crippen molar-refractivity contribution in [3.8, 4) is 0 Å². The molecule has 106 valence electrons. The van der Waals surface area contributed by atoms with E-state index >= 15 is 0 Å². The first-order valence-electron chi connectivity index (χ1n) is 6.80. The van der Waals surface area contributed by atoms with Gasteiger partial charge in [0.15, 0.2) is 0 Å². The van der Waals surface area contributed by atoms with E-state index in [1.54, 1.807) is 4.68 Å². The zero-order valence-corrected chi connectivity index (χ0v) is 12.2. The maximum atomic E-state index is 12.2. The number of rotatable bonds is 3. The summed E-state index contributed by atoms with van der Waals surface area (Å²) in [6, 6.07) is 1.87. The molecule has 0 radical (unpaired) electrons. The van der Waals surface area contributed by atoms with Crippen LogP contribution in [0.2, 0.25) is 0 Å². The van der Waals surface area contributed by atoms with Crippen molar-refractivity contribution in [2.45, 2.75) is 51.8 Å². The van der Waals surface area contributed by atoms with Crippen molar-refractivity contribution in [1.82, 2.24) is 14.7 Å². The third-order valence-corrected chi connectivity index (χ3v) is 3.18. The van der Waals surface area contributed by atoms with Crippen LogP contribution in [-0.4, -0.2) is 38.8 Å². The summed E-state index contributed by atoms with van der Waals surface area (Å²) in [5, 5.41) is 4.37. The molecule has 1 aromatic heterocycles. The Morgan fingerprint density at radius 3 is 2.84 bits per heavy atom. The number of esters is 1. The van der Waals surface area contributed by atoms with Gasteiger partial charge in [0.2, 0.25) is 0 Å². The lowest BCUT2D eigenvalue weighted by atomic mass is 10.1. The molecular weight excluding hydrogens is 242 g/mol. The molecule has 0 saturated carbocycles. The van der Waals surface area contributed by atoms with Crippen molar-refractivity contribution in [1.29, 1.82) is 0 Å². The minimum atomic E-state index is -0.420. The first-order valence-corrected chi connectivity index (χ1v) is 6.80. The first kappa shape index (κ1) is 14.1. The van der Waals surface area contributed by atoms with Gasteiger partial charge in [-0.05, 0) is 46.2 Å². The second kappa shape index (κ2) is 5.33. The third kappa shape index (κ3) is 3.80. The summed E-state index contributed by atoms with van der Waals surface area (Å²) >= 11 is 0. The number of likely N-dealkylation sites (tertiary alicyclic amines) is 1. The number of nitrogens with zero attached hydrogens (tertiary/aromatic N) is 3. The second-order valence-corrected chi connectivity index (χ2v) is 6.14. The lowest BCUT2D eigenvalue weighted by Crippen LogP contribution is -2.40. The Hall–Kier alpha value is -1.36. The SMILES string of the molecule is Cn1ccc(CN2CCC[C@@H]2C(=O)OC(C)(C)C)n1. The molecule has 1 atom stereocenters. The van der Waals surface area contributed by atoms with Crippen molar-refractivity contribution in [3.63, 3.8) is 0 Å². The molecule has 1 aliphatic heterocycles. The molecule has 0 unspecified atom stereocenters. The van der Waals surface area contributed by atoms with E-state index in [2.05, 4.69) is 10.00 Å². The van der Waals surface area contributed by atoms with E-state index in [4.69, 9.17) is 4.74 Å². The number of carbonyl (C=O) groups is 1. The summed E-state index contributed by atoms with van der Waals surface area (Å²) in [6.45, 7) is 7.36. The number of carbonyl (C=O) groups excluding carboxylic acids is 1. The maximum Gasteiger partial charge on any atom is 0.323 e. The second-order valence-electron chi connectivity index (χ2n) is 6.14. The summed E-state index contributed by atoms with van der Waals surface area (Å²) in [5.41, 5.74) is 0.578. The molecule has 0 aliphatic carbocycles. The first-order chi connectivity index (χ1) is 8.85. The summed E-state index contributed by atoms with van der Waals surface area (Å²) in [5.74, 6) is -0.110. The Bertz CT molecular complexity index is 448. The van der Waals surface area contributed by atoms with Gasteiger partial charge in [0.1, 0.15) is 11.6 Å². The lowest BCUT2D eigenvalue weighted by Gasteiger charge is -2.26. The molecule has 1 fully saturated rings. The normalized spacial score (nSPS) is 20.7. The van der Waals surface area contributed by atoms with Crippen molar-refractivity contribution >= 4 is 5.97 Å². The van der Waals surface area contributed by atoms with Crippen LogP contribution in [0, 0.1) is 0 Å². The molecule has 19 heavy (non-hydrogen) atoms. The Labute approximate surface area is 114 Å². The van der Waals surface area contributed by atoms with E-state index in [-0.39, 0.29) is 12.0 Å². The van der Waals surface area contributed by atoms with Gasteiger partial charge in [-0.25, -0.2) is 0 Å². The Balaban J connectivity index is 1.98. The average Bonchev–Trinajstić information content (AvgIpc) is 2.86. The smallest absolute Gasteiger partial charge is 0.323 e. The van der Waals surface area contributed by atoms with E-state index < -0.39 is 5.60 Å². The standard InChI is InChI=1S/C14H23N3O2/c1-14(2,3)19-13(18)12-6-5-8-17(12)10-11-7-9-16(4)15-11/h7,9,12H,5-6,8,10H2,1-4H3/t12-/m1/s1. The van der Waals surface area contributed by atoms with Crippen molar-refractivity contribution in [3.05, 3.63) is 18.0 Å². The monoisotopic (exact) mass is 265 g/mol. The Morgan fingerprint density at radius 1 is 1.53 bits per heavy atom. The van der Waals surface area contributed by atoms with Gasteiger partial charge in [-0.15, -0.1) is 0 Å². The molecule has 0 bridgehead atoms. The number of hydrogen-bond acceptors (Lipinski definition) is 4. The molecule has 0 N–H and O–H groups in total. The van der Waals surface area contributed by atoms with E-state index in [0.717, 1.165) is 25.1 Å². The quantitative estimate of drug-likeness (QED) is 0.781. The largest absolute Gasteiger partial charge is 0.459 e. The van der Waals surface area contributed by atoms with Gasteiger partial charge in [0, 0.05) is 19.8 Å². The molecule has 1 aromatic rings. The van der Waals surface area contributed by atoms with Crippen molar-refractivity contribution in [2.24, 2.45) is 7.05 Å². The predicted octanol–water partition coefficient (Wildman–Crippen LogP) is 1.73. The zero-order chi connectivity index (χ0) is 14.0. The predicted molar refractivity (Wildman–Crippen MR) is 72.5 cm³/mol. The van der Waals surface area contributed by atoms with Crippen molar-refractivity contribution < 1.29 is 9.53 Å². The summed E-state index contributed by atoms with van der Waals surface area (Å²) in [4.78, 5) is 14.3. The van der Waals surface area contributed by atoms with Gasteiger partial charge in [0.05, 0.1) is 5.69 Å². The topological polar surface area (TPSA) is 47.4 Å². The Morgan fingerprint density at radius 2 is 2.26 bits per heavy atom. The minimum Gasteiger partial charge on any atom is -0.459 e. The van der Waals surface area contributed by atoms with Crippen LogP contribution in [0.5, 0.6) is 0 Å². The fraction of sp³-hybridized carbons (Fsp3) is 0.714. The van der Waals surface area contributed by atoms with Crippen LogP contribution in [0.25, 0.3) is 0 Å². The van der Waals surface area contributed by atoms with Crippen LogP contribution in [0.4, 0.5) is 0 Å². The molecule has 2 rings (SSSR count). The zero-order valence-electron chi connectivity index (χ0n) is 12.2. The van der Waals surface area contributed by atoms with Gasteiger partial charge in [-0.2, -0.15) is 5.10 Å². The van der Waals surface area contributed by atoms with Crippen LogP contribution >= 0.6 is 0 Å². The molecule has 5 heteroatoms. The highest BCUT2D eigenvalue weighted by molar-refractivity contribution is 5.76. The Kier molecular flexibility index (Phi) is 3.94. The van der Waals surface area contributed by atoms with Gasteiger partial charge in [0.25, 0.3) is 0 Å². The molecule has 1 saturated heterocycles. The van der Waals surface area contributed by atoms with Crippen LogP contribution in [0.1, 0.15) is 39.3 Å². The highest BCUT2D eigenvalue weighted by Crippen LogP contribution is 2.22. The number of aryl methyl sites for hydroxylation is 1. The average molecular weight is 265 g/mol. The maximum absolute atomic E-state index is 12.2. The van der Waals surface area contributed by atoms with E-state index in [0.29, 0.717) is 6.54 Å². The summed E-state index contributed by atoms with van der Waals surface area (Å²) in [6.07, 6.45) is 3.84. The molecule has 2 heterocycles. The third-order valence-electron chi connectivity index (χ3n) is 3.18. The summed E-state index contributed by atoms with van der Waals surface area (Å²) < 4.78 is 7.27. The fourth-order valence-corrected chi connectivity index (χ4v) is 2.41. The fourth-order valence-electron chi connectivity index (χ4n) is 2.41. The van der Waals surface area contributed by atoms with Crippen LogP contribution in [-0.2, 0) is 23.1 Å². The molecular formula is C14H23N3O2. The highest BCUT2D eigenvalue weighted by atomic mass is 16.6. The lowest BCUT2D eigenvalue weighted by molar-refractivity contribution is -0.160. The highest BCUT2D eigenvalue weighted by Gasteiger charge is 2.34. The molecule has 0 spiro atoms. The minimum absolute atomic E-state index is 0.110. The van der Waals surface area contributed by atoms with Crippen LogP contribution < -0.4 is 0 Å². The number of ether oxygens (including phenoxy) is 1. The van der Waals surface area contributed by atoms with Crippen molar-refractivity contribution in [2.75, 3.05) is 6.54 Å². The van der Waals surface area contributed by atoms with Gasteiger partial charge in [-0.1, -0.05) is 0 Å². The van der Waals surface area contributed by atoms with Crippen LogP contribution in [0.15, 0.2) is 12.3 Å². The summed E-state index contributed by atoms with van der Waals surface area (Å²) in [7, 11) is 1.90. The van der Waals surface area contributed by atoms with E-state index in [1.807, 2.05) is 40.1 Å². The van der Waals surface area contributed by atoms with Gasteiger partial charge < -0.3 is 4.74 Å². The molecule has 5 nitrogen and oxygen atoms in total.